The summed E-state index contributed by atoms with van der Waals surface area (Å²) >= 11 is 0. The summed E-state index contributed by atoms with van der Waals surface area (Å²) in [5, 5.41) is 10.6. The Balaban J connectivity index is 1.91. The summed E-state index contributed by atoms with van der Waals surface area (Å²) in [5.74, 6) is 0.295. The number of aliphatic hydroxyl groups excluding tert-OH is 1. The average Bonchev–Trinajstić information content (AvgIpc) is 2.67. The first kappa shape index (κ1) is 21.2. The molecular formula is C23H33NO3. The minimum Gasteiger partial charge on any atom is -0.426 e. The summed E-state index contributed by atoms with van der Waals surface area (Å²) in [6.07, 6.45) is 9.61. The first-order chi connectivity index (χ1) is 12.9. The number of ether oxygens (including phenoxy) is 1. The number of nitrogens with zero attached hydrogens (tertiary/aromatic N) is 1. The van der Waals surface area contributed by atoms with Gasteiger partial charge in [-0.05, 0) is 57.4 Å². The smallest absolute Gasteiger partial charge is 0.311 e. The first-order valence-electron chi connectivity index (χ1n) is 9.99. The van der Waals surface area contributed by atoms with E-state index in [1.165, 1.54) is 19.3 Å². The molecule has 0 aromatic heterocycles. The van der Waals surface area contributed by atoms with Gasteiger partial charge in [-0.2, -0.15) is 0 Å². The summed E-state index contributed by atoms with van der Waals surface area (Å²) in [6, 6.07) is 6.17. The Hall–Kier alpha value is -2.07. The van der Waals surface area contributed by atoms with Gasteiger partial charge < -0.3 is 14.7 Å². The molecule has 0 saturated heterocycles. The number of aliphatic hydroxyl groups is 1. The van der Waals surface area contributed by atoms with Gasteiger partial charge in [-0.3, -0.25) is 4.79 Å². The van der Waals surface area contributed by atoms with Crippen molar-refractivity contribution in [1.82, 2.24) is 4.90 Å². The number of benzene rings is 1. The van der Waals surface area contributed by atoms with Crippen molar-refractivity contribution < 1.29 is 14.6 Å². The fourth-order valence-corrected chi connectivity index (χ4v) is 3.69. The molecule has 1 atom stereocenters. The predicted molar refractivity (Wildman–Crippen MR) is 109 cm³/mol. The molecule has 0 aliphatic heterocycles. The number of hydrogen-bond donors (Lipinski definition) is 1. The lowest BCUT2D eigenvalue weighted by Gasteiger charge is -2.36. The standard InChI is InChI=1S/C23H33NO3/c1-5-16-24(20-12-7-6-8-13-20)19(4)21(25)14-15-22(26)27-23-17(2)10-9-11-18(23)3/h5,9-11,16,20-21,25H,4,6-8,12-15H2,1-3H3/b16-5-. The third-order valence-corrected chi connectivity index (χ3v) is 5.24. The van der Waals surface area contributed by atoms with Gasteiger partial charge in [-0.1, -0.05) is 50.1 Å². The maximum absolute atomic E-state index is 12.3. The van der Waals surface area contributed by atoms with Gasteiger partial charge in [0.25, 0.3) is 0 Å². The molecular weight excluding hydrogens is 338 g/mol. The molecule has 1 fully saturated rings. The Bertz CT molecular complexity index is 654. The Kier molecular flexibility index (Phi) is 8.11. The van der Waals surface area contributed by atoms with E-state index in [9.17, 15) is 9.90 Å². The van der Waals surface area contributed by atoms with E-state index < -0.39 is 6.10 Å². The van der Waals surface area contributed by atoms with Gasteiger partial charge in [-0.25, -0.2) is 0 Å². The molecule has 0 heterocycles. The van der Waals surface area contributed by atoms with Crippen LogP contribution < -0.4 is 4.74 Å². The monoisotopic (exact) mass is 371 g/mol. The number of carbonyl (C=O) groups excluding carboxylic acids is 1. The summed E-state index contributed by atoms with van der Waals surface area (Å²) in [5.41, 5.74) is 2.54. The summed E-state index contributed by atoms with van der Waals surface area (Å²) in [6.45, 7) is 9.93. The topological polar surface area (TPSA) is 49.8 Å². The molecule has 1 unspecified atom stereocenters. The van der Waals surface area contributed by atoms with Gasteiger partial charge in [0.2, 0.25) is 0 Å². The Morgan fingerprint density at radius 3 is 2.52 bits per heavy atom. The summed E-state index contributed by atoms with van der Waals surface area (Å²) < 4.78 is 5.52. The highest BCUT2D eigenvalue weighted by Gasteiger charge is 2.24. The SMILES string of the molecule is C=C(C(O)CCC(=O)Oc1c(C)cccc1C)N(/C=C\C)C1CCCCC1. The average molecular weight is 372 g/mol. The van der Waals surface area contributed by atoms with Crippen LogP contribution in [0.2, 0.25) is 0 Å². The molecule has 0 radical (unpaired) electrons. The van der Waals surface area contributed by atoms with Crippen molar-refractivity contribution in [2.24, 2.45) is 0 Å². The van der Waals surface area contributed by atoms with Crippen molar-refractivity contribution in [2.45, 2.75) is 77.9 Å². The number of allylic oxidation sites excluding steroid dienone is 1. The maximum atomic E-state index is 12.3. The zero-order chi connectivity index (χ0) is 19.8. The van der Waals surface area contributed by atoms with E-state index in [0.717, 1.165) is 24.0 Å². The van der Waals surface area contributed by atoms with E-state index in [-0.39, 0.29) is 12.4 Å². The number of esters is 1. The van der Waals surface area contributed by atoms with E-state index >= 15 is 0 Å². The molecule has 1 saturated carbocycles. The van der Waals surface area contributed by atoms with E-state index in [1.807, 2.05) is 51.2 Å². The van der Waals surface area contributed by atoms with E-state index in [2.05, 4.69) is 11.5 Å². The van der Waals surface area contributed by atoms with Crippen molar-refractivity contribution in [1.29, 1.82) is 0 Å². The normalized spacial score (nSPS) is 16.3. The largest absolute Gasteiger partial charge is 0.426 e. The molecule has 0 spiro atoms. The molecule has 0 bridgehead atoms. The van der Waals surface area contributed by atoms with Crippen LogP contribution in [0.1, 0.15) is 63.0 Å². The fraction of sp³-hybridized carbons (Fsp3) is 0.522. The van der Waals surface area contributed by atoms with Crippen molar-refractivity contribution in [2.75, 3.05) is 0 Å². The van der Waals surface area contributed by atoms with Crippen molar-refractivity contribution in [3.8, 4) is 5.75 Å². The van der Waals surface area contributed by atoms with Gasteiger partial charge in [0.15, 0.2) is 0 Å². The zero-order valence-electron chi connectivity index (χ0n) is 16.9. The quantitative estimate of drug-likeness (QED) is 0.514. The number of para-hydroxylation sites is 1. The van der Waals surface area contributed by atoms with Crippen LogP contribution in [-0.2, 0) is 4.79 Å². The van der Waals surface area contributed by atoms with Crippen LogP contribution in [0.3, 0.4) is 0 Å². The van der Waals surface area contributed by atoms with Crippen LogP contribution >= 0.6 is 0 Å². The lowest BCUT2D eigenvalue weighted by molar-refractivity contribution is -0.135. The Morgan fingerprint density at radius 1 is 1.30 bits per heavy atom. The second-order valence-corrected chi connectivity index (χ2v) is 7.42. The van der Waals surface area contributed by atoms with Gasteiger partial charge in [-0.15, -0.1) is 0 Å². The summed E-state index contributed by atoms with van der Waals surface area (Å²) in [4.78, 5) is 14.3. The third-order valence-electron chi connectivity index (χ3n) is 5.24. The Labute approximate surface area is 163 Å². The second-order valence-electron chi connectivity index (χ2n) is 7.42. The van der Waals surface area contributed by atoms with Crippen LogP contribution in [0, 0.1) is 13.8 Å². The molecule has 1 aromatic rings. The molecule has 27 heavy (non-hydrogen) atoms. The van der Waals surface area contributed by atoms with Crippen molar-refractivity contribution in [3.05, 3.63) is 53.9 Å². The molecule has 1 aliphatic carbocycles. The fourth-order valence-electron chi connectivity index (χ4n) is 3.69. The van der Waals surface area contributed by atoms with Gasteiger partial charge in [0.1, 0.15) is 5.75 Å². The lowest BCUT2D eigenvalue weighted by Crippen LogP contribution is -2.36. The van der Waals surface area contributed by atoms with Gasteiger partial charge in [0.05, 0.1) is 6.10 Å². The highest BCUT2D eigenvalue weighted by molar-refractivity contribution is 5.73. The predicted octanol–water partition coefficient (Wildman–Crippen LogP) is 5.03. The van der Waals surface area contributed by atoms with Crippen LogP contribution in [0.25, 0.3) is 0 Å². The number of rotatable bonds is 8. The highest BCUT2D eigenvalue weighted by atomic mass is 16.5. The van der Waals surface area contributed by atoms with Crippen LogP contribution in [0.5, 0.6) is 5.75 Å². The highest BCUT2D eigenvalue weighted by Crippen LogP contribution is 2.28. The Morgan fingerprint density at radius 2 is 1.93 bits per heavy atom. The second kappa shape index (κ2) is 10.3. The van der Waals surface area contributed by atoms with E-state index in [4.69, 9.17) is 4.74 Å². The zero-order valence-corrected chi connectivity index (χ0v) is 16.9. The van der Waals surface area contributed by atoms with Crippen LogP contribution in [0.15, 0.2) is 42.8 Å². The molecule has 4 nitrogen and oxygen atoms in total. The molecule has 1 N–H and O–H groups in total. The third kappa shape index (κ3) is 5.96. The molecule has 148 valence electrons. The number of hydrogen-bond acceptors (Lipinski definition) is 4. The molecule has 4 heteroatoms. The molecule has 2 rings (SSSR count). The molecule has 1 aromatic carbocycles. The molecule has 0 amide bonds. The van der Waals surface area contributed by atoms with Gasteiger partial charge >= 0.3 is 5.97 Å². The van der Waals surface area contributed by atoms with Gasteiger partial charge in [0, 0.05) is 18.2 Å². The summed E-state index contributed by atoms with van der Waals surface area (Å²) in [7, 11) is 0. The van der Waals surface area contributed by atoms with Crippen LogP contribution in [0.4, 0.5) is 0 Å². The first-order valence-corrected chi connectivity index (χ1v) is 9.99. The number of aryl methyl sites for hydroxylation is 2. The van der Waals surface area contributed by atoms with E-state index in [0.29, 0.717) is 23.9 Å². The minimum absolute atomic E-state index is 0.155. The number of carbonyl (C=O) groups is 1. The maximum Gasteiger partial charge on any atom is 0.311 e. The van der Waals surface area contributed by atoms with E-state index in [1.54, 1.807) is 0 Å². The van der Waals surface area contributed by atoms with Crippen molar-refractivity contribution >= 4 is 5.97 Å². The van der Waals surface area contributed by atoms with Crippen LogP contribution in [-0.4, -0.2) is 28.1 Å². The van der Waals surface area contributed by atoms with Crippen molar-refractivity contribution in [3.63, 3.8) is 0 Å². The lowest BCUT2D eigenvalue weighted by atomic mass is 9.93. The minimum atomic E-state index is -0.756. The molecule has 1 aliphatic rings.